The normalized spacial score (nSPS) is 16.2. The highest BCUT2D eigenvalue weighted by atomic mass is 32.2. The lowest BCUT2D eigenvalue weighted by Crippen LogP contribution is -2.33. The molecule has 1 aliphatic rings. The van der Waals surface area contributed by atoms with Gasteiger partial charge in [-0.1, -0.05) is 5.16 Å². The molecule has 0 unspecified atom stereocenters. The number of unbranched alkanes of at least 4 members (excludes halogenated alkanes) is 2. The molecule has 0 bridgehead atoms. The Hall–Kier alpha value is -2.65. The standard InChI is InChI=1S/C21H28N4O4S/c1-2-29-23-18-19-6-8-21(9-7-19)28-17-5-3-4-14-24-15-16-25(30(24,26)27)20-10-12-22-13-11-20/h6-13,18H,2-5,14-17H2,1H3. The molecule has 0 radical (unpaired) electrons. The number of nitrogens with zero attached hydrogens (tertiary/aromatic N) is 4. The summed E-state index contributed by atoms with van der Waals surface area (Å²) in [6.45, 7) is 4.54. The van der Waals surface area contributed by atoms with E-state index in [0.717, 1.165) is 30.6 Å². The lowest BCUT2D eigenvalue weighted by Gasteiger charge is -2.19. The van der Waals surface area contributed by atoms with Crippen LogP contribution in [-0.2, 0) is 15.0 Å². The SMILES string of the molecule is CCON=Cc1ccc(OCCCCCN2CCN(c3ccncc3)S2(=O)=O)cc1. The predicted molar refractivity (Wildman–Crippen MR) is 117 cm³/mol. The van der Waals surface area contributed by atoms with Gasteiger partial charge in [-0.3, -0.25) is 9.29 Å². The topological polar surface area (TPSA) is 84.3 Å². The van der Waals surface area contributed by atoms with Crippen LogP contribution in [0.15, 0.2) is 53.9 Å². The molecular weight excluding hydrogens is 404 g/mol. The Kier molecular flexibility index (Phi) is 8.04. The van der Waals surface area contributed by atoms with Gasteiger partial charge in [-0.15, -0.1) is 0 Å². The van der Waals surface area contributed by atoms with Gasteiger partial charge in [0, 0.05) is 32.0 Å². The molecule has 1 fully saturated rings. The second-order valence-electron chi connectivity index (χ2n) is 6.81. The molecular formula is C21H28N4O4S. The number of hydrogen-bond donors (Lipinski definition) is 0. The summed E-state index contributed by atoms with van der Waals surface area (Å²) in [5.41, 5.74) is 1.61. The zero-order valence-electron chi connectivity index (χ0n) is 17.2. The molecule has 30 heavy (non-hydrogen) atoms. The first-order valence-corrected chi connectivity index (χ1v) is 11.6. The molecule has 2 aromatic rings. The number of benzene rings is 1. The maximum absolute atomic E-state index is 12.7. The summed E-state index contributed by atoms with van der Waals surface area (Å²) in [5.74, 6) is 0.804. The van der Waals surface area contributed by atoms with Crippen LogP contribution in [0.4, 0.5) is 5.69 Å². The molecule has 1 aromatic carbocycles. The van der Waals surface area contributed by atoms with E-state index in [-0.39, 0.29) is 0 Å². The largest absolute Gasteiger partial charge is 0.494 e. The fourth-order valence-corrected chi connectivity index (χ4v) is 4.80. The smallest absolute Gasteiger partial charge is 0.304 e. The van der Waals surface area contributed by atoms with Crippen LogP contribution < -0.4 is 9.04 Å². The number of hydrogen-bond acceptors (Lipinski definition) is 6. The van der Waals surface area contributed by atoms with Gasteiger partial charge >= 0.3 is 10.2 Å². The van der Waals surface area contributed by atoms with Crippen LogP contribution in [0.5, 0.6) is 5.75 Å². The summed E-state index contributed by atoms with van der Waals surface area (Å²) in [7, 11) is -3.44. The van der Waals surface area contributed by atoms with Crippen molar-refractivity contribution in [1.82, 2.24) is 9.29 Å². The number of aromatic nitrogens is 1. The Labute approximate surface area is 178 Å². The zero-order valence-corrected chi connectivity index (χ0v) is 18.0. The minimum atomic E-state index is -3.44. The van der Waals surface area contributed by atoms with Crippen LogP contribution in [0.3, 0.4) is 0 Å². The quantitative estimate of drug-likeness (QED) is 0.310. The van der Waals surface area contributed by atoms with Crippen molar-refractivity contribution < 1.29 is 18.0 Å². The molecule has 0 N–H and O–H groups in total. The lowest BCUT2D eigenvalue weighted by atomic mass is 10.2. The van der Waals surface area contributed by atoms with Gasteiger partial charge in [0.1, 0.15) is 12.4 Å². The molecule has 0 aliphatic carbocycles. The van der Waals surface area contributed by atoms with Gasteiger partial charge in [0.15, 0.2) is 0 Å². The molecule has 0 spiro atoms. The maximum atomic E-state index is 12.7. The highest BCUT2D eigenvalue weighted by molar-refractivity contribution is 7.90. The number of anilines is 1. The third-order valence-electron chi connectivity index (χ3n) is 4.71. The first-order chi connectivity index (χ1) is 14.6. The van der Waals surface area contributed by atoms with Crippen LogP contribution in [-0.4, -0.2) is 56.8 Å². The van der Waals surface area contributed by atoms with E-state index in [1.54, 1.807) is 35.0 Å². The van der Waals surface area contributed by atoms with Crippen LogP contribution >= 0.6 is 0 Å². The van der Waals surface area contributed by atoms with Crippen LogP contribution in [0.1, 0.15) is 31.7 Å². The third-order valence-corrected chi connectivity index (χ3v) is 6.68. The minimum Gasteiger partial charge on any atom is -0.494 e. The first-order valence-electron chi connectivity index (χ1n) is 10.2. The Morgan fingerprint density at radius 1 is 1.07 bits per heavy atom. The van der Waals surface area contributed by atoms with Crippen molar-refractivity contribution in [2.75, 3.05) is 37.2 Å². The number of pyridine rings is 1. The van der Waals surface area contributed by atoms with E-state index in [2.05, 4.69) is 10.1 Å². The summed E-state index contributed by atoms with van der Waals surface area (Å²) in [6.07, 6.45) is 7.45. The summed E-state index contributed by atoms with van der Waals surface area (Å²) in [5, 5.41) is 3.83. The van der Waals surface area contributed by atoms with E-state index in [1.807, 2.05) is 31.2 Å². The number of oxime groups is 1. The highest BCUT2D eigenvalue weighted by Gasteiger charge is 2.36. The maximum Gasteiger partial charge on any atom is 0.304 e. The highest BCUT2D eigenvalue weighted by Crippen LogP contribution is 2.24. The van der Waals surface area contributed by atoms with Crippen molar-refractivity contribution in [1.29, 1.82) is 0 Å². The third kappa shape index (κ3) is 5.93. The molecule has 1 saturated heterocycles. The van der Waals surface area contributed by atoms with Gasteiger partial charge in [-0.25, -0.2) is 0 Å². The average Bonchev–Trinajstić information content (AvgIpc) is 3.06. The predicted octanol–water partition coefficient (Wildman–Crippen LogP) is 3.07. The summed E-state index contributed by atoms with van der Waals surface area (Å²) < 4.78 is 34.1. The van der Waals surface area contributed by atoms with E-state index in [4.69, 9.17) is 9.57 Å². The molecule has 0 saturated carbocycles. The molecule has 2 heterocycles. The number of rotatable bonds is 11. The second-order valence-corrected chi connectivity index (χ2v) is 8.67. The van der Waals surface area contributed by atoms with Crippen molar-refractivity contribution in [3.8, 4) is 5.75 Å². The molecule has 162 valence electrons. The van der Waals surface area contributed by atoms with Gasteiger partial charge in [0.05, 0.1) is 18.5 Å². The number of ether oxygens (including phenoxy) is 1. The first kappa shape index (κ1) is 22.0. The van der Waals surface area contributed by atoms with Crippen molar-refractivity contribution in [2.45, 2.75) is 26.2 Å². The van der Waals surface area contributed by atoms with E-state index in [1.165, 1.54) is 4.31 Å². The summed E-state index contributed by atoms with van der Waals surface area (Å²) >= 11 is 0. The Morgan fingerprint density at radius 3 is 2.57 bits per heavy atom. The van der Waals surface area contributed by atoms with E-state index < -0.39 is 10.2 Å². The Bertz CT molecular complexity index is 904. The molecule has 9 heteroatoms. The average molecular weight is 433 g/mol. The molecule has 1 aromatic heterocycles. The van der Waals surface area contributed by atoms with Crippen LogP contribution in [0.25, 0.3) is 0 Å². The van der Waals surface area contributed by atoms with Gasteiger partial charge in [-0.2, -0.15) is 12.7 Å². The van der Waals surface area contributed by atoms with E-state index in [9.17, 15) is 8.42 Å². The van der Waals surface area contributed by atoms with Crippen molar-refractivity contribution >= 4 is 22.1 Å². The Morgan fingerprint density at radius 2 is 1.83 bits per heavy atom. The Balaban J connectivity index is 1.35. The van der Waals surface area contributed by atoms with Gasteiger partial charge in [0.2, 0.25) is 0 Å². The molecule has 3 rings (SSSR count). The summed E-state index contributed by atoms with van der Waals surface area (Å²) in [4.78, 5) is 8.89. The fraction of sp³-hybridized carbons (Fsp3) is 0.429. The fourth-order valence-electron chi connectivity index (χ4n) is 3.15. The second kappa shape index (κ2) is 10.9. The van der Waals surface area contributed by atoms with Gasteiger partial charge < -0.3 is 9.57 Å². The summed E-state index contributed by atoms with van der Waals surface area (Å²) in [6, 6.07) is 11.1. The van der Waals surface area contributed by atoms with Crippen molar-refractivity contribution in [2.24, 2.45) is 5.16 Å². The van der Waals surface area contributed by atoms with Crippen molar-refractivity contribution in [3.05, 3.63) is 54.4 Å². The zero-order chi connectivity index (χ0) is 21.2. The van der Waals surface area contributed by atoms with E-state index >= 15 is 0 Å². The molecule has 0 atom stereocenters. The van der Waals surface area contributed by atoms with Gasteiger partial charge in [-0.05, 0) is 68.1 Å². The monoisotopic (exact) mass is 432 g/mol. The van der Waals surface area contributed by atoms with Gasteiger partial charge in [0.25, 0.3) is 0 Å². The minimum absolute atomic E-state index is 0.473. The van der Waals surface area contributed by atoms with Crippen molar-refractivity contribution in [3.63, 3.8) is 0 Å². The van der Waals surface area contributed by atoms with Crippen LogP contribution in [0.2, 0.25) is 0 Å². The molecule has 0 amide bonds. The molecule has 8 nitrogen and oxygen atoms in total. The van der Waals surface area contributed by atoms with Crippen LogP contribution in [0, 0.1) is 0 Å². The van der Waals surface area contributed by atoms with E-state index in [0.29, 0.717) is 38.5 Å². The molecule has 1 aliphatic heterocycles. The lowest BCUT2D eigenvalue weighted by molar-refractivity contribution is 0.160.